The van der Waals surface area contributed by atoms with Gasteiger partial charge < -0.3 is 4.90 Å². The summed E-state index contributed by atoms with van der Waals surface area (Å²) in [5, 5.41) is 0. The van der Waals surface area contributed by atoms with Crippen LogP contribution in [-0.4, -0.2) is 30.8 Å². The van der Waals surface area contributed by atoms with Crippen molar-refractivity contribution >= 4 is 5.78 Å². The molecule has 0 N–H and O–H groups in total. The summed E-state index contributed by atoms with van der Waals surface area (Å²) in [5.41, 5.74) is 0. The van der Waals surface area contributed by atoms with E-state index in [0.29, 0.717) is 5.92 Å². The van der Waals surface area contributed by atoms with Crippen molar-refractivity contribution in [1.29, 1.82) is 0 Å². The molecule has 0 spiro atoms. The first-order chi connectivity index (χ1) is 5.52. The second kappa shape index (κ2) is 5.95. The van der Waals surface area contributed by atoms with Crippen LogP contribution in [0, 0.1) is 5.92 Å². The van der Waals surface area contributed by atoms with E-state index < -0.39 is 0 Å². The van der Waals surface area contributed by atoms with Gasteiger partial charge in [-0.1, -0.05) is 19.9 Å². The minimum atomic E-state index is 0.118. The fraction of sp³-hybridized carbons (Fsp3) is 0.700. The zero-order chi connectivity index (χ0) is 9.56. The summed E-state index contributed by atoms with van der Waals surface area (Å²) in [6.07, 6.45) is 3.53. The van der Waals surface area contributed by atoms with Gasteiger partial charge in [-0.3, -0.25) is 4.79 Å². The number of carbonyl (C=O) groups is 1. The standard InChI is InChI=1S/C10H19NO/c1-9(2)8-11(4)7-5-6-10(3)12/h5-6,9H,7-8H2,1-4H3/b6-5+. The maximum atomic E-state index is 10.5. The zero-order valence-corrected chi connectivity index (χ0v) is 8.50. The van der Waals surface area contributed by atoms with Crippen molar-refractivity contribution in [1.82, 2.24) is 4.90 Å². The number of likely N-dealkylation sites (N-methyl/N-ethyl adjacent to an activating group) is 1. The lowest BCUT2D eigenvalue weighted by atomic mass is 10.2. The van der Waals surface area contributed by atoms with Gasteiger partial charge in [-0.2, -0.15) is 0 Å². The molecular weight excluding hydrogens is 150 g/mol. The lowest BCUT2D eigenvalue weighted by Gasteiger charge is -2.16. The van der Waals surface area contributed by atoms with Crippen molar-refractivity contribution in [2.24, 2.45) is 5.92 Å². The van der Waals surface area contributed by atoms with E-state index in [1.165, 1.54) is 0 Å². The average molecular weight is 169 g/mol. The maximum Gasteiger partial charge on any atom is 0.152 e. The maximum absolute atomic E-state index is 10.5. The van der Waals surface area contributed by atoms with Gasteiger partial charge in [0.05, 0.1) is 0 Å². The Labute approximate surface area is 75.3 Å². The van der Waals surface area contributed by atoms with Gasteiger partial charge in [0.15, 0.2) is 5.78 Å². The second-order valence-corrected chi connectivity index (χ2v) is 3.63. The molecule has 0 saturated carbocycles. The van der Waals surface area contributed by atoms with E-state index in [4.69, 9.17) is 0 Å². The molecule has 2 nitrogen and oxygen atoms in total. The van der Waals surface area contributed by atoms with Gasteiger partial charge in [0, 0.05) is 13.1 Å². The first kappa shape index (κ1) is 11.4. The van der Waals surface area contributed by atoms with E-state index in [1.54, 1.807) is 13.0 Å². The molecule has 0 aliphatic rings. The molecule has 0 aliphatic heterocycles. The predicted molar refractivity (Wildman–Crippen MR) is 52.2 cm³/mol. The first-order valence-electron chi connectivity index (χ1n) is 4.38. The predicted octanol–water partition coefficient (Wildman–Crippen LogP) is 1.72. The van der Waals surface area contributed by atoms with Crippen LogP contribution in [0.3, 0.4) is 0 Å². The van der Waals surface area contributed by atoms with Gasteiger partial charge >= 0.3 is 0 Å². The Bertz CT molecular complexity index is 161. The highest BCUT2D eigenvalue weighted by atomic mass is 16.1. The molecule has 0 rings (SSSR count). The Morgan fingerprint density at radius 2 is 2.08 bits per heavy atom. The molecule has 0 unspecified atom stereocenters. The van der Waals surface area contributed by atoms with Crippen molar-refractivity contribution in [3.8, 4) is 0 Å². The van der Waals surface area contributed by atoms with Gasteiger partial charge in [0.2, 0.25) is 0 Å². The number of allylic oxidation sites excluding steroid dienone is 1. The topological polar surface area (TPSA) is 20.3 Å². The largest absolute Gasteiger partial charge is 0.302 e. The molecule has 0 atom stereocenters. The molecule has 0 aromatic carbocycles. The number of ketones is 1. The minimum absolute atomic E-state index is 0.118. The molecular formula is C10H19NO. The summed E-state index contributed by atoms with van der Waals surface area (Å²) in [6, 6.07) is 0. The molecule has 70 valence electrons. The Morgan fingerprint density at radius 3 is 2.50 bits per heavy atom. The van der Waals surface area contributed by atoms with E-state index in [1.807, 2.05) is 6.08 Å². The Morgan fingerprint density at radius 1 is 1.50 bits per heavy atom. The van der Waals surface area contributed by atoms with E-state index in [0.717, 1.165) is 13.1 Å². The molecule has 0 aliphatic carbocycles. The van der Waals surface area contributed by atoms with Crippen LogP contribution in [0.5, 0.6) is 0 Å². The first-order valence-corrected chi connectivity index (χ1v) is 4.38. The van der Waals surface area contributed by atoms with E-state index in [9.17, 15) is 4.79 Å². The van der Waals surface area contributed by atoms with Crippen LogP contribution >= 0.6 is 0 Å². The quantitative estimate of drug-likeness (QED) is 0.584. The van der Waals surface area contributed by atoms with Gasteiger partial charge in [-0.15, -0.1) is 0 Å². The Balaban J connectivity index is 3.56. The average Bonchev–Trinajstić information content (AvgIpc) is 1.84. The molecule has 0 aromatic heterocycles. The molecule has 12 heavy (non-hydrogen) atoms. The molecule has 0 aromatic rings. The van der Waals surface area contributed by atoms with Crippen LogP contribution in [0.2, 0.25) is 0 Å². The molecule has 0 heterocycles. The third kappa shape index (κ3) is 7.48. The third-order valence-corrected chi connectivity index (χ3v) is 1.45. The van der Waals surface area contributed by atoms with Crippen LogP contribution in [0.15, 0.2) is 12.2 Å². The summed E-state index contributed by atoms with van der Waals surface area (Å²) < 4.78 is 0. The van der Waals surface area contributed by atoms with Crippen LogP contribution in [0.4, 0.5) is 0 Å². The van der Waals surface area contributed by atoms with Crippen LogP contribution in [-0.2, 0) is 4.79 Å². The van der Waals surface area contributed by atoms with Gasteiger partial charge in [0.1, 0.15) is 0 Å². The second-order valence-electron chi connectivity index (χ2n) is 3.63. The molecule has 0 saturated heterocycles. The monoisotopic (exact) mass is 169 g/mol. The minimum Gasteiger partial charge on any atom is -0.302 e. The lowest BCUT2D eigenvalue weighted by Crippen LogP contribution is -2.23. The highest BCUT2D eigenvalue weighted by Crippen LogP contribution is 1.95. The van der Waals surface area contributed by atoms with Crippen LogP contribution in [0.1, 0.15) is 20.8 Å². The molecule has 0 fully saturated rings. The number of hydrogen-bond donors (Lipinski definition) is 0. The summed E-state index contributed by atoms with van der Waals surface area (Å²) in [6.45, 7) is 7.87. The van der Waals surface area contributed by atoms with Crippen molar-refractivity contribution in [3.05, 3.63) is 12.2 Å². The van der Waals surface area contributed by atoms with Gasteiger partial charge in [-0.25, -0.2) is 0 Å². The number of hydrogen-bond acceptors (Lipinski definition) is 2. The SMILES string of the molecule is CC(=O)/C=C/CN(C)CC(C)C. The van der Waals surface area contributed by atoms with Crippen molar-refractivity contribution in [2.75, 3.05) is 20.1 Å². The fourth-order valence-corrected chi connectivity index (χ4v) is 1.10. The van der Waals surface area contributed by atoms with E-state index in [-0.39, 0.29) is 5.78 Å². The van der Waals surface area contributed by atoms with Gasteiger partial charge in [0.25, 0.3) is 0 Å². The summed E-state index contributed by atoms with van der Waals surface area (Å²) in [4.78, 5) is 12.7. The number of rotatable bonds is 5. The fourth-order valence-electron chi connectivity index (χ4n) is 1.10. The highest BCUT2D eigenvalue weighted by Gasteiger charge is 1.98. The normalized spacial score (nSPS) is 11.8. The van der Waals surface area contributed by atoms with E-state index in [2.05, 4.69) is 25.8 Å². The van der Waals surface area contributed by atoms with Crippen molar-refractivity contribution < 1.29 is 4.79 Å². The summed E-state index contributed by atoms with van der Waals surface area (Å²) in [7, 11) is 2.06. The van der Waals surface area contributed by atoms with Crippen molar-refractivity contribution in [3.63, 3.8) is 0 Å². The van der Waals surface area contributed by atoms with Crippen LogP contribution < -0.4 is 0 Å². The zero-order valence-electron chi connectivity index (χ0n) is 8.50. The Kier molecular flexibility index (Phi) is 5.64. The Hall–Kier alpha value is -0.630. The lowest BCUT2D eigenvalue weighted by molar-refractivity contribution is -0.112. The van der Waals surface area contributed by atoms with Gasteiger partial charge in [-0.05, 0) is 26.0 Å². The smallest absolute Gasteiger partial charge is 0.152 e. The summed E-state index contributed by atoms with van der Waals surface area (Å²) >= 11 is 0. The van der Waals surface area contributed by atoms with E-state index >= 15 is 0 Å². The third-order valence-electron chi connectivity index (χ3n) is 1.45. The molecule has 2 heteroatoms. The van der Waals surface area contributed by atoms with Crippen molar-refractivity contribution in [2.45, 2.75) is 20.8 Å². The number of nitrogens with zero attached hydrogens (tertiary/aromatic N) is 1. The molecule has 0 amide bonds. The molecule has 0 bridgehead atoms. The summed E-state index contributed by atoms with van der Waals surface area (Å²) in [5.74, 6) is 0.800. The highest BCUT2D eigenvalue weighted by molar-refractivity contribution is 5.87. The number of carbonyl (C=O) groups excluding carboxylic acids is 1. The molecule has 0 radical (unpaired) electrons. The van der Waals surface area contributed by atoms with Crippen LogP contribution in [0.25, 0.3) is 0 Å².